The average Bonchev–Trinajstić information content (AvgIpc) is 2.60. The Hall–Kier alpha value is -0.890. The number of fused-ring (bicyclic) bond motifs is 3. The van der Waals surface area contributed by atoms with Crippen molar-refractivity contribution in [1.29, 1.82) is 0 Å². The molecular weight excluding hydrogens is 160 g/mol. The highest BCUT2D eigenvalue weighted by Gasteiger charge is 2.45. The first kappa shape index (κ1) is 7.51. The minimum Gasteiger partial charge on any atom is -0.288 e. The summed E-state index contributed by atoms with van der Waals surface area (Å²) in [7, 11) is 0. The molecule has 1 aromatic rings. The Balaban J connectivity index is 2.17. The molecule has 0 unspecified atom stereocenters. The van der Waals surface area contributed by atoms with Gasteiger partial charge in [0.1, 0.15) is 0 Å². The monoisotopic (exact) mass is 174 g/mol. The summed E-state index contributed by atoms with van der Waals surface area (Å²) in [6.45, 7) is 4.69. The van der Waals surface area contributed by atoms with Crippen LogP contribution in [0.4, 0.5) is 0 Å². The molecule has 0 aromatic carbocycles. The van der Waals surface area contributed by atoms with E-state index in [1.54, 1.807) is 0 Å². The van der Waals surface area contributed by atoms with E-state index in [0.717, 1.165) is 6.54 Å². The van der Waals surface area contributed by atoms with Crippen LogP contribution in [0.25, 0.3) is 0 Å². The Labute approximate surface area is 78.6 Å². The SMILES string of the molecule is C[C@@]12CCCN1Cc1cccnc12. The van der Waals surface area contributed by atoms with Gasteiger partial charge in [0.05, 0.1) is 11.2 Å². The molecular formula is C11H14N2. The summed E-state index contributed by atoms with van der Waals surface area (Å²) in [5, 5.41) is 0. The van der Waals surface area contributed by atoms with Crippen LogP contribution in [0.5, 0.6) is 0 Å². The van der Waals surface area contributed by atoms with Gasteiger partial charge in [0, 0.05) is 12.7 Å². The quantitative estimate of drug-likeness (QED) is 0.597. The molecule has 2 aliphatic rings. The van der Waals surface area contributed by atoms with E-state index in [0.29, 0.717) is 0 Å². The van der Waals surface area contributed by atoms with Crippen LogP contribution >= 0.6 is 0 Å². The minimum atomic E-state index is 0.261. The second-order valence-corrected chi connectivity index (χ2v) is 4.31. The third-order valence-electron chi connectivity index (χ3n) is 3.55. The highest BCUT2D eigenvalue weighted by atomic mass is 15.2. The molecule has 68 valence electrons. The molecule has 0 N–H and O–H groups in total. The van der Waals surface area contributed by atoms with Gasteiger partial charge in [-0.25, -0.2) is 0 Å². The van der Waals surface area contributed by atoms with E-state index in [2.05, 4.69) is 22.9 Å². The zero-order chi connectivity index (χ0) is 8.89. The zero-order valence-corrected chi connectivity index (χ0v) is 7.95. The molecule has 1 aromatic heterocycles. The van der Waals surface area contributed by atoms with E-state index >= 15 is 0 Å². The number of pyridine rings is 1. The van der Waals surface area contributed by atoms with Crippen LogP contribution in [0, 0.1) is 0 Å². The van der Waals surface area contributed by atoms with Gasteiger partial charge >= 0.3 is 0 Å². The fourth-order valence-corrected chi connectivity index (χ4v) is 2.80. The lowest BCUT2D eigenvalue weighted by Crippen LogP contribution is -2.32. The van der Waals surface area contributed by atoms with E-state index in [1.165, 1.54) is 30.6 Å². The summed E-state index contributed by atoms with van der Waals surface area (Å²) in [5.41, 5.74) is 3.02. The summed E-state index contributed by atoms with van der Waals surface area (Å²) >= 11 is 0. The molecule has 2 aliphatic heterocycles. The Bertz CT molecular complexity index is 348. The van der Waals surface area contributed by atoms with E-state index in [4.69, 9.17) is 0 Å². The third kappa shape index (κ3) is 0.841. The minimum absolute atomic E-state index is 0.261. The number of nitrogens with zero attached hydrogens (tertiary/aromatic N) is 2. The summed E-state index contributed by atoms with van der Waals surface area (Å²) < 4.78 is 0. The fourth-order valence-electron chi connectivity index (χ4n) is 2.80. The standard InChI is InChI=1S/C11H14N2/c1-11-5-3-7-13(11)8-9-4-2-6-12-10(9)11/h2,4,6H,3,5,7-8H2,1H3/t11-/m0/s1. The molecule has 2 heteroatoms. The van der Waals surface area contributed by atoms with Crippen LogP contribution in [0.15, 0.2) is 18.3 Å². The van der Waals surface area contributed by atoms with E-state index < -0.39 is 0 Å². The van der Waals surface area contributed by atoms with Crippen molar-refractivity contribution in [3.63, 3.8) is 0 Å². The van der Waals surface area contributed by atoms with E-state index in [9.17, 15) is 0 Å². The van der Waals surface area contributed by atoms with Crippen LogP contribution < -0.4 is 0 Å². The molecule has 2 nitrogen and oxygen atoms in total. The van der Waals surface area contributed by atoms with Crippen molar-refractivity contribution in [3.8, 4) is 0 Å². The van der Waals surface area contributed by atoms with Gasteiger partial charge in [-0.1, -0.05) is 6.07 Å². The highest BCUT2D eigenvalue weighted by molar-refractivity contribution is 5.32. The number of aromatic nitrogens is 1. The van der Waals surface area contributed by atoms with Crippen molar-refractivity contribution in [1.82, 2.24) is 9.88 Å². The van der Waals surface area contributed by atoms with Crippen LogP contribution in [0.1, 0.15) is 31.0 Å². The highest BCUT2D eigenvalue weighted by Crippen LogP contribution is 2.44. The van der Waals surface area contributed by atoms with Gasteiger partial charge in [-0.2, -0.15) is 0 Å². The van der Waals surface area contributed by atoms with Crippen molar-refractivity contribution in [3.05, 3.63) is 29.6 Å². The van der Waals surface area contributed by atoms with Crippen LogP contribution in [-0.4, -0.2) is 16.4 Å². The summed E-state index contributed by atoms with van der Waals surface area (Å²) in [4.78, 5) is 7.09. The number of rotatable bonds is 0. The lowest BCUT2D eigenvalue weighted by atomic mass is 9.95. The molecule has 1 atom stereocenters. The maximum atomic E-state index is 4.53. The molecule has 0 aliphatic carbocycles. The fraction of sp³-hybridized carbons (Fsp3) is 0.545. The molecule has 0 radical (unpaired) electrons. The second kappa shape index (κ2) is 2.32. The maximum absolute atomic E-state index is 4.53. The molecule has 3 rings (SSSR count). The molecule has 1 fully saturated rings. The van der Waals surface area contributed by atoms with Crippen molar-refractivity contribution < 1.29 is 0 Å². The van der Waals surface area contributed by atoms with Crippen molar-refractivity contribution in [2.75, 3.05) is 6.54 Å². The predicted octanol–water partition coefficient (Wildman–Crippen LogP) is 1.91. The first-order chi connectivity index (χ1) is 6.31. The van der Waals surface area contributed by atoms with Gasteiger partial charge in [0.15, 0.2) is 0 Å². The lowest BCUT2D eigenvalue weighted by Gasteiger charge is -2.26. The molecule has 0 amide bonds. The van der Waals surface area contributed by atoms with Gasteiger partial charge in [-0.15, -0.1) is 0 Å². The summed E-state index contributed by atoms with van der Waals surface area (Å²) in [6, 6.07) is 4.26. The average molecular weight is 174 g/mol. The molecule has 13 heavy (non-hydrogen) atoms. The largest absolute Gasteiger partial charge is 0.288 e. The van der Waals surface area contributed by atoms with E-state index in [-0.39, 0.29) is 5.54 Å². The zero-order valence-electron chi connectivity index (χ0n) is 7.95. The first-order valence-electron chi connectivity index (χ1n) is 5.00. The second-order valence-electron chi connectivity index (χ2n) is 4.31. The summed E-state index contributed by atoms with van der Waals surface area (Å²) in [6.07, 6.45) is 4.52. The van der Waals surface area contributed by atoms with Crippen LogP contribution in [-0.2, 0) is 12.1 Å². The van der Waals surface area contributed by atoms with Crippen LogP contribution in [0.2, 0.25) is 0 Å². The van der Waals surface area contributed by atoms with E-state index in [1.807, 2.05) is 12.3 Å². The van der Waals surface area contributed by atoms with Crippen molar-refractivity contribution in [2.45, 2.75) is 31.8 Å². The van der Waals surface area contributed by atoms with Crippen molar-refractivity contribution >= 4 is 0 Å². The third-order valence-corrected chi connectivity index (χ3v) is 3.55. The summed E-state index contributed by atoms with van der Waals surface area (Å²) in [5.74, 6) is 0. The molecule has 0 spiro atoms. The van der Waals surface area contributed by atoms with Crippen molar-refractivity contribution in [2.24, 2.45) is 0 Å². The lowest BCUT2D eigenvalue weighted by molar-refractivity contribution is 0.174. The molecule has 1 saturated heterocycles. The van der Waals surface area contributed by atoms with Crippen LogP contribution in [0.3, 0.4) is 0 Å². The Morgan fingerprint density at radius 3 is 3.38 bits per heavy atom. The van der Waals surface area contributed by atoms with Gasteiger partial charge in [-0.05, 0) is 37.9 Å². The number of hydrogen-bond donors (Lipinski definition) is 0. The van der Waals surface area contributed by atoms with Gasteiger partial charge in [-0.3, -0.25) is 9.88 Å². The van der Waals surface area contributed by atoms with Gasteiger partial charge in [0.2, 0.25) is 0 Å². The molecule has 0 saturated carbocycles. The predicted molar refractivity (Wildman–Crippen MR) is 51.2 cm³/mol. The number of hydrogen-bond acceptors (Lipinski definition) is 2. The smallest absolute Gasteiger partial charge is 0.0648 e. The first-order valence-corrected chi connectivity index (χ1v) is 5.00. The molecule has 0 bridgehead atoms. The topological polar surface area (TPSA) is 16.1 Å². The van der Waals surface area contributed by atoms with Gasteiger partial charge < -0.3 is 0 Å². The maximum Gasteiger partial charge on any atom is 0.0648 e. The molecule has 3 heterocycles. The Morgan fingerprint density at radius 2 is 2.46 bits per heavy atom. The normalized spacial score (nSPS) is 31.8. The Kier molecular flexibility index (Phi) is 1.34. The Morgan fingerprint density at radius 1 is 1.54 bits per heavy atom. The van der Waals surface area contributed by atoms with Gasteiger partial charge in [0.25, 0.3) is 0 Å².